The molecule has 1 saturated heterocycles. The molecule has 2 heterocycles. The van der Waals surface area contributed by atoms with E-state index in [-0.39, 0.29) is 0 Å². The molecular formula is C13H19N5. The van der Waals surface area contributed by atoms with E-state index in [2.05, 4.69) is 32.2 Å². The maximum Gasteiger partial charge on any atom is 0.194 e. The molecule has 0 atom stereocenters. The highest BCUT2D eigenvalue weighted by atomic mass is 15.4. The summed E-state index contributed by atoms with van der Waals surface area (Å²) in [6.07, 6.45) is 0. The van der Waals surface area contributed by atoms with Crippen molar-refractivity contribution in [3.8, 4) is 0 Å². The first kappa shape index (κ1) is 11.2. The Morgan fingerprint density at radius 3 is 2.28 bits per heavy atom. The lowest BCUT2D eigenvalue weighted by molar-refractivity contribution is 0.377. The first-order valence-electron chi connectivity index (χ1n) is 6.47. The maximum atomic E-state index is 5.71. The van der Waals surface area contributed by atoms with Gasteiger partial charge >= 0.3 is 0 Å². The van der Waals surface area contributed by atoms with Crippen molar-refractivity contribution in [2.24, 2.45) is 4.99 Å². The molecule has 5 heteroatoms. The molecule has 0 aliphatic carbocycles. The minimum absolute atomic E-state index is 0.821. The molecule has 2 aliphatic heterocycles. The lowest BCUT2D eigenvalue weighted by Gasteiger charge is -2.37. The number of rotatable bonds is 1. The molecule has 3 rings (SSSR count). The van der Waals surface area contributed by atoms with Gasteiger partial charge < -0.3 is 20.9 Å². The molecule has 0 spiro atoms. The zero-order valence-corrected chi connectivity index (χ0v) is 10.5. The second-order valence-electron chi connectivity index (χ2n) is 4.70. The molecule has 0 saturated carbocycles. The average Bonchev–Trinajstić information content (AvgIpc) is 2.94. The van der Waals surface area contributed by atoms with E-state index < -0.39 is 0 Å². The maximum absolute atomic E-state index is 5.71. The van der Waals surface area contributed by atoms with Crippen LogP contribution in [-0.4, -0.2) is 50.1 Å². The Hall–Kier alpha value is -1.91. The van der Waals surface area contributed by atoms with Gasteiger partial charge in [-0.1, -0.05) is 0 Å². The number of nitrogens with one attached hydrogen (secondary N) is 1. The third-order valence-electron chi connectivity index (χ3n) is 3.49. The largest absolute Gasteiger partial charge is 0.399 e. The lowest BCUT2D eigenvalue weighted by Crippen LogP contribution is -2.51. The van der Waals surface area contributed by atoms with Crippen LogP contribution in [0.25, 0.3) is 0 Å². The molecule has 5 nitrogen and oxygen atoms in total. The summed E-state index contributed by atoms with van der Waals surface area (Å²) in [6, 6.07) is 8.11. The summed E-state index contributed by atoms with van der Waals surface area (Å²) in [6.45, 7) is 6.00. The van der Waals surface area contributed by atoms with Crippen molar-refractivity contribution in [2.45, 2.75) is 0 Å². The predicted molar refractivity (Wildman–Crippen MR) is 74.9 cm³/mol. The average molecular weight is 245 g/mol. The van der Waals surface area contributed by atoms with Crippen LogP contribution in [-0.2, 0) is 0 Å². The Morgan fingerprint density at radius 2 is 1.67 bits per heavy atom. The second kappa shape index (κ2) is 4.76. The monoisotopic (exact) mass is 245 g/mol. The first-order chi connectivity index (χ1) is 8.83. The number of hydrogen-bond acceptors (Lipinski definition) is 5. The highest BCUT2D eigenvalue weighted by Crippen LogP contribution is 2.18. The highest BCUT2D eigenvalue weighted by Gasteiger charge is 2.21. The quantitative estimate of drug-likeness (QED) is 0.701. The van der Waals surface area contributed by atoms with Crippen LogP contribution in [0, 0.1) is 0 Å². The van der Waals surface area contributed by atoms with Gasteiger partial charge in [0.05, 0.1) is 6.54 Å². The molecule has 96 valence electrons. The number of anilines is 2. The Balaban J connectivity index is 1.61. The van der Waals surface area contributed by atoms with Gasteiger partial charge in [0.25, 0.3) is 0 Å². The van der Waals surface area contributed by atoms with Gasteiger partial charge in [-0.05, 0) is 24.3 Å². The molecule has 0 radical (unpaired) electrons. The van der Waals surface area contributed by atoms with Crippen LogP contribution >= 0.6 is 0 Å². The van der Waals surface area contributed by atoms with E-state index in [1.807, 2.05) is 12.1 Å². The van der Waals surface area contributed by atoms with Gasteiger partial charge in [-0.15, -0.1) is 0 Å². The fourth-order valence-electron chi connectivity index (χ4n) is 2.46. The Kier molecular flexibility index (Phi) is 2.96. The predicted octanol–water partition coefficient (Wildman–Crippen LogP) is 0.350. The number of nitrogens with zero attached hydrogens (tertiary/aromatic N) is 3. The summed E-state index contributed by atoms with van der Waals surface area (Å²) in [7, 11) is 0. The van der Waals surface area contributed by atoms with Gasteiger partial charge in [0.15, 0.2) is 5.96 Å². The van der Waals surface area contributed by atoms with Crippen LogP contribution in [0.4, 0.5) is 11.4 Å². The van der Waals surface area contributed by atoms with E-state index in [1.165, 1.54) is 5.69 Å². The molecule has 0 unspecified atom stereocenters. The number of hydrogen-bond donors (Lipinski definition) is 2. The number of benzene rings is 1. The normalized spacial score (nSPS) is 19.7. The highest BCUT2D eigenvalue weighted by molar-refractivity contribution is 5.81. The van der Waals surface area contributed by atoms with E-state index in [4.69, 9.17) is 5.73 Å². The molecule has 18 heavy (non-hydrogen) atoms. The molecule has 1 fully saturated rings. The standard InChI is InChI=1S/C13H19N5/c14-11-1-3-12(4-2-11)17-7-9-18(10-8-17)13-15-5-6-16-13/h1-4H,5-10,14H2,(H,15,16). The Labute approximate surface area is 107 Å². The summed E-state index contributed by atoms with van der Waals surface area (Å²) >= 11 is 0. The number of nitrogens with two attached hydrogens (primary N) is 1. The summed E-state index contributed by atoms with van der Waals surface area (Å²) in [5, 5.41) is 3.33. The molecule has 0 aromatic heterocycles. The van der Waals surface area contributed by atoms with Gasteiger partial charge in [0.1, 0.15) is 0 Å². The van der Waals surface area contributed by atoms with Crippen LogP contribution in [0.3, 0.4) is 0 Å². The molecule has 1 aromatic rings. The van der Waals surface area contributed by atoms with Crippen LogP contribution in [0.15, 0.2) is 29.3 Å². The molecule has 1 aromatic carbocycles. The summed E-state index contributed by atoms with van der Waals surface area (Å²) < 4.78 is 0. The summed E-state index contributed by atoms with van der Waals surface area (Å²) in [5.74, 6) is 1.08. The van der Waals surface area contributed by atoms with Crippen LogP contribution in [0.5, 0.6) is 0 Å². The Morgan fingerprint density at radius 1 is 1.00 bits per heavy atom. The topological polar surface area (TPSA) is 56.9 Å². The molecular weight excluding hydrogens is 226 g/mol. The molecule has 0 bridgehead atoms. The van der Waals surface area contributed by atoms with Gasteiger partial charge in [0.2, 0.25) is 0 Å². The van der Waals surface area contributed by atoms with Crippen molar-refractivity contribution >= 4 is 17.3 Å². The fraction of sp³-hybridized carbons (Fsp3) is 0.462. The minimum atomic E-state index is 0.821. The second-order valence-corrected chi connectivity index (χ2v) is 4.70. The van der Waals surface area contributed by atoms with Crippen LogP contribution in [0.1, 0.15) is 0 Å². The van der Waals surface area contributed by atoms with Gasteiger partial charge in [-0.25, -0.2) is 0 Å². The van der Waals surface area contributed by atoms with Crippen molar-refractivity contribution < 1.29 is 0 Å². The zero-order chi connectivity index (χ0) is 12.4. The van der Waals surface area contributed by atoms with E-state index in [9.17, 15) is 0 Å². The van der Waals surface area contributed by atoms with Crippen LogP contribution in [0.2, 0.25) is 0 Å². The SMILES string of the molecule is Nc1ccc(N2CCN(C3=NCCN3)CC2)cc1. The third kappa shape index (κ3) is 2.20. The molecule has 3 N–H and O–H groups in total. The van der Waals surface area contributed by atoms with Gasteiger partial charge in [-0.2, -0.15) is 0 Å². The summed E-state index contributed by atoms with van der Waals surface area (Å²) in [5.41, 5.74) is 7.79. The lowest BCUT2D eigenvalue weighted by atomic mass is 10.2. The number of piperazine rings is 1. The Bertz CT molecular complexity index is 431. The van der Waals surface area contributed by atoms with E-state index in [0.29, 0.717) is 0 Å². The number of aliphatic imine (C=N–C) groups is 1. The van der Waals surface area contributed by atoms with Crippen LogP contribution < -0.4 is 16.0 Å². The summed E-state index contributed by atoms with van der Waals surface area (Å²) in [4.78, 5) is 9.19. The van der Waals surface area contributed by atoms with Crippen molar-refractivity contribution in [1.29, 1.82) is 0 Å². The van der Waals surface area contributed by atoms with Crippen molar-refractivity contribution in [3.05, 3.63) is 24.3 Å². The zero-order valence-electron chi connectivity index (χ0n) is 10.5. The molecule has 0 amide bonds. The van der Waals surface area contributed by atoms with E-state index in [0.717, 1.165) is 50.9 Å². The van der Waals surface area contributed by atoms with Crippen molar-refractivity contribution in [3.63, 3.8) is 0 Å². The van der Waals surface area contributed by atoms with Crippen molar-refractivity contribution in [1.82, 2.24) is 10.2 Å². The van der Waals surface area contributed by atoms with Gasteiger partial charge in [-0.3, -0.25) is 4.99 Å². The fourth-order valence-corrected chi connectivity index (χ4v) is 2.46. The smallest absolute Gasteiger partial charge is 0.194 e. The van der Waals surface area contributed by atoms with Gasteiger partial charge in [0, 0.05) is 44.1 Å². The third-order valence-corrected chi connectivity index (χ3v) is 3.49. The van der Waals surface area contributed by atoms with E-state index in [1.54, 1.807) is 0 Å². The van der Waals surface area contributed by atoms with Crippen molar-refractivity contribution in [2.75, 3.05) is 49.9 Å². The molecule has 2 aliphatic rings. The number of nitrogen functional groups attached to an aromatic ring is 1. The number of guanidine groups is 1. The minimum Gasteiger partial charge on any atom is -0.399 e. The van der Waals surface area contributed by atoms with E-state index >= 15 is 0 Å². The first-order valence-corrected chi connectivity index (χ1v) is 6.47.